The molecular weight excluding hydrogens is 300 g/mol. The summed E-state index contributed by atoms with van der Waals surface area (Å²) in [4.78, 5) is 14.5. The Balaban J connectivity index is 0.00000176. The average Bonchev–Trinajstić information content (AvgIpc) is 2.86. The molecule has 0 bridgehead atoms. The van der Waals surface area contributed by atoms with E-state index in [1.807, 2.05) is 24.3 Å². The fourth-order valence-electron chi connectivity index (χ4n) is 3.50. The molecule has 2 saturated heterocycles. The molecule has 2 aliphatic rings. The topological polar surface area (TPSA) is 41.6 Å². The summed E-state index contributed by atoms with van der Waals surface area (Å²) in [5, 5.41) is 3.47. The summed E-state index contributed by atoms with van der Waals surface area (Å²) >= 11 is 0. The van der Waals surface area contributed by atoms with Gasteiger partial charge in [-0.05, 0) is 55.5 Å². The van der Waals surface area contributed by atoms with Crippen LogP contribution in [0.25, 0.3) is 0 Å². The lowest BCUT2D eigenvalue weighted by Gasteiger charge is -2.21. The lowest BCUT2D eigenvalue weighted by atomic mass is 9.92. The highest BCUT2D eigenvalue weighted by Crippen LogP contribution is 2.27. The number of carbonyl (C=O) groups is 1. The van der Waals surface area contributed by atoms with E-state index < -0.39 is 0 Å². The molecule has 1 aromatic rings. The predicted molar refractivity (Wildman–Crippen MR) is 89.6 cm³/mol. The molecule has 2 aliphatic heterocycles. The van der Waals surface area contributed by atoms with Gasteiger partial charge in [0.1, 0.15) is 5.75 Å². The molecule has 0 aromatic heterocycles. The van der Waals surface area contributed by atoms with Gasteiger partial charge in [0, 0.05) is 13.1 Å². The number of hydrogen-bond acceptors (Lipinski definition) is 3. The standard InChI is InChI=1S/C17H24N2O2.ClH/c1-21-16-4-2-13(3-5-16)10-17(20)19-8-6-14-11-18-12-15(14)7-9-19;/h2-5,14-15,18H,6-12H2,1H3;1H/t14-,15+;. The molecule has 1 aromatic carbocycles. The zero-order chi connectivity index (χ0) is 14.7. The first-order valence-electron chi connectivity index (χ1n) is 7.87. The normalized spacial score (nSPS) is 24.1. The van der Waals surface area contributed by atoms with Gasteiger partial charge >= 0.3 is 0 Å². The first kappa shape index (κ1) is 17.1. The van der Waals surface area contributed by atoms with Gasteiger partial charge in [-0.15, -0.1) is 12.4 Å². The van der Waals surface area contributed by atoms with Crippen molar-refractivity contribution in [3.8, 4) is 5.75 Å². The second-order valence-electron chi connectivity index (χ2n) is 6.16. The summed E-state index contributed by atoms with van der Waals surface area (Å²) in [6.45, 7) is 4.09. The highest BCUT2D eigenvalue weighted by Gasteiger charge is 2.31. The number of amides is 1. The largest absolute Gasteiger partial charge is 0.497 e. The number of methoxy groups -OCH3 is 1. The molecule has 1 amide bonds. The summed E-state index contributed by atoms with van der Waals surface area (Å²) in [6, 6.07) is 7.79. The van der Waals surface area contributed by atoms with Crippen molar-refractivity contribution in [3.63, 3.8) is 0 Å². The molecule has 0 saturated carbocycles. The third-order valence-electron chi connectivity index (χ3n) is 4.89. The summed E-state index contributed by atoms with van der Waals surface area (Å²) in [6.07, 6.45) is 2.79. The third-order valence-corrected chi connectivity index (χ3v) is 4.89. The van der Waals surface area contributed by atoms with Crippen LogP contribution in [-0.2, 0) is 11.2 Å². The molecule has 2 fully saturated rings. The fourth-order valence-corrected chi connectivity index (χ4v) is 3.50. The molecule has 0 spiro atoms. The second-order valence-corrected chi connectivity index (χ2v) is 6.16. The van der Waals surface area contributed by atoms with Gasteiger partial charge in [0.15, 0.2) is 0 Å². The molecule has 2 atom stereocenters. The van der Waals surface area contributed by atoms with Crippen LogP contribution in [0.3, 0.4) is 0 Å². The first-order valence-corrected chi connectivity index (χ1v) is 7.87. The van der Waals surface area contributed by atoms with Crippen LogP contribution >= 0.6 is 12.4 Å². The van der Waals surface area contributed by atoms with Crippen LogP contribution in [0.1, 0.15) is 18.4 Å². The van der Waals surface area contributed by atoms with Gasteiger partial charge in [0.05, 0.1) is 13.5 Å². The van der Waals surface area contributed by atoms with E-state index in [1.165, 1.54) is 0 Å². The maximum absolute atomic E-state index is 12.5. The monoisotopic (exact) mass is 324 g/mol. The van der Waals surface area contributed by atoms with E-state index in [4.69, 9.17) is 4.74 Å². The van der Waals surface area contributed by atoms with Gasteiger partial charge < -0.3 is 15.0 Å². The summed E-state index contributed by atoms with van der Waals surface area (Å²) < 4.78 is 5.15. The zero-order valence-electron chi connectivity index (χ0n) is 13.1. The van der Waals surface area contributed by atoms with Crippen LogP contribution < -0.4 is 10.1 Å². The maximum atomic E-state index is 12.5. The van der Waals surface area contributed by atoms with Gasteiger partial charge in [-0.1, -0.05) is 12.1 Å². The number of nitrogens with zero attached hydrogens (tertiary/aromatic N) is 1. The van der Waals surface area contributed by atoms with E-state index in [9.17, 15) is 4.79 Å². The molecule has 0 radical (unpaired) electrons. The molecule has 0 unspecified atom stereocenters. The van der Waals surface area contributed by atoms with Crippen molar-refractivity contribution < 1.29 is 9.53 Å². The van der Waals surface area contributed by atoms with E-state index in [1.54, 1.807) is 7.11 Å². The number of likely N-dealkylation sites (tertiary alicyclic amines) is 1. The Hall–Kier alpha value is -1.26. The molecule has 2 heterocycles. The number of rotatable bonds is 3. The predicted octanol–water partition coefficient (Wildman–Crippen LogP) is 2.12. The Morgan fingerprint density at radius 3 is 2.32 bits per heavy atom. The van der Waals surface area contributed by atoms with Crippen LogP contribution in [0, 0.1) is 11.8 Å². The van der Waals surface area contributed by atoms with Crippen molar-refractivity contribution in [1.82, 2.24) is 10.2 Å². The number of ether oxygens (including phenoxy) is 1. The van der Waals surface area contributed by atoms with Crippen molar-refractivity contribution >= 4 is 18.3 Å². The molecule has 3 rings (SSSR count). The lowest BCUT2D eigenvalue weighted by molar-refractivity contribution is -0.130. The SMILES string of the molecule is COc1ccc(CC(=O)N2CC[C@@H]3CNC[C@@H]3CC2)cc1.Cl. The highest BCUT2D eigenvalue weighted by molar-refractivity contribution is 5.85. The van der Waals surface area contributed by atoms with Gasteiger partial charge in [-0.3, -0.25) is 4.79 Å². The summed E-state index contributed by atoms with van der Waals surface area (Å²) in [7, 11) is 1.66. The molecular formula is C17H25ClN2O2. The summed E-state index contributed by atoms with van der Waals surface area (Å²) in [5.41, 5.74) is 1.06. The van der Waals surface area contributed by atoms with Crippen molar-refractivity contribution in [2.24, 2.45) is 11.8 Å². The Bertz CT molecular complexity index is 478. The fraction of sp³-hybridized carbons (Fsp3) is 0.588. The van der Waals surface area contributed by atoms with Gasteiger partial charge in [0.2, 0.25) is 5.91 Å². The van der Waals surface area contributed by atoms with Crippen LogP contribution in [0.5, 0.6) is 5.75 Å². The van der Waals surface area contributed by atoms with E-state index in [0.29, 0.717) is 6.42 Å². The van der Waals surface area contributed by atoms with Crippen LogP contribution in [0.4, 0.5) is 0 Å². The van der Waals surface area contributed by atoms with Gasteiger partial charge in [0.25, 0.3) is 0 Å². The minimum absolute atomic E-state index is 0. The molecule has 4 nitrogen and oxygen atoms in total. The van der Waals surface area contributed by atoms with Gasteiger partial charge in [-0.25, -0.2) is 0 Å². The molecule has 5 heteroatoms. The maximum Gasteiger partial charge on any atom is 0.226 e. The van der Waals surface area contributed by atoms with Crippen molar-refractivity contribution in [1.29, 1.82) is 0 Å². The molecule has 22 heavy (non-hydrogen) atoms. The van der Waals surface area contributed by atoms with E-state index in [0.717, 1.165) is 62.2 Å². The molecule has 0 aliphatic carbocycles. The first-order chi connectivity index (χ1) is 10.3. The van der Waals surface area contributed by atoms with Crippen LogP contribution in [0.2, 0.25) is 0 Å². The third kappa shape index (κ3) is 3.93. The number of fused-ring (bicyclic) bond motifs is 1. The minimum atomic E-state index is 0. The average molecular weight is 325 g/mol. The smallest absolute Gasteiger partial charge is 0.226 e. The van der Waals surface area contributed by atoms with E-state index in [-0.39, 0.29) is 18.3 Å². The Morgan fingerprint density at radius 1 is 1.18 bits per heavy atom. The lowest BCUT2D eigenvalue weighted by Crippen LogP contribution is -2.33. The number of carbonyl (C=O) groups excluding carboxylic acids is 1. The zero-order valence-corrected chi connectivity index (χ0v) is 13.9. The quantitative estimate of drug-likeness (QED) is 0.926. The van der Waals surface area contributed by atoms with Crippen LogP contribution in [-0.4, -0.2) is 44.1 Å². The van der Waals surface area contributed by atoms with Crippen molar-refractivity contribution in [2.75, 3.05) is 33.3 Å². The number of hydrogen-bond donors (Lipinski definition) is 1. The summed E-state index contributed by atoms with van der Waals surface area (Å²) in [5.74, 6) is 2.63. The number of nitrogens with one attached hydrogen (secondary N) is 1. The van der Waals surface area contributed by atoms with Crippen molar-refractivity contribution in [3.05, 3.63) is 29.8 Å². The van der Waals surface area contributed by atoms with Gasteiger partial charge in [-0.2, -0.15) is 0 Å². The Kier molecular flexibility index (Phi) is 6.09. The Morgan fingerprint density at radius 2 is 1.77 bits per heavy atom. The highest BCUT2D eigenvalue weighted by atomic mass is 35.5. The van der Waals surface area contributed by atoms with Crippen molar-refractivity contribution in [2.45, 2.75) is 19.3 Å². The molecule has 122 valence electrons. The van der Waals surface area contributed by atoms with Crippen LogP contribution in [0.15, 0.2) is 24.3 Å². The Labute approximate surface area is 138 Å². The second kappa shape index (κ2) is 7.84. The number of halogens is 1. The van der Waals surface area contributed by atoms with E-state index in [2.05, 4.69) is 10.2 Å². The van der Waals surface area contributed by atoms with E-state index >= 15 is 0 Å². The minimum Gasteiger partial charge on any atom is -0.497 e. The number of benzene rings is 1. The molecule has 1 N–H and O–H groups in total.